The molecule has 1 aromatic rings. The van der Waals surface area contributed by atoms with Crippen LogP contribution < -0.4 is 0 Å². The smallest absolute Gasteiger partial charge is 0.226 e. The molecule has 3 unspecified atom stereocenters. The van der Waals surface area contributed by atoms with E-state index in [0.717, 1.165) is 58.7 Å². The summed E-state index contributed by atoms with van der Waals surface area (Å²) in [5.41, 5.74) is 1.33. The maximum atomic E-state index is 13.1. The Kier molecular flexibility index (Phi) is 4.86. The Morgan fingerprint density at radius 3 is 2.67 bits per heavy atom. The zero-order valence-electron chi connectivity index (χ0n) is 14.4. The Hall–Kier alpha value is -1.39. The molecule has 2 saturated heterocycles. The first-order valence-electron chi connectivity index (χ1n) is 9.48. The number of hydrogen-bond acceptors (Lipinski definition) is 3. The van der Waals surface area contributed by atoms with E-state index >= 15 is 0 Å². The quantitative estimate of drug-likeness (QED) is 0.851. The number of ether oxygens (including phenoxy) is 1. The number of piperidine rings is 1. The normalized spacial score (nSPS) is 31.0. The Labute approximate surface area is 144 Å². The highest BCUT2D eigenvalue weighted by Crippen LogP contribution is 2.48. The minimum absolute atomic E-state index is 0.220. The van der Waals surface area contributed by atoms with Gasteiger partial charge in [-0.2, -0.15) is 0 Å². The highest BCUT2D eigenvalue weighted by atomic mass is 16.5. The molecule has 1 amide bonds. The van der Waals surface area contributed by atoms with E-state index in [2.05, 4.69) is 34.1 Å². The summed E-state index contributed by atoms with van der Waals surface area (Å²) in [4.78, 5) is 17.8. The second-order valence-electron chi connectivity index (χ2n) is 7.45. The summed E-state index contributed by atoms with van der Waals surface area (Å²) in [6.45, 7) is 5.66. The summed E-state index contributed by atoms with van der Waals surface area (Å²) < 4.78 is 5.45. The van der Waals surface area contributed by atoms with Gasteiger partial charge in [0.05, 0.1) is 13.2 Å². The van der Waals surface area contributed by atoms with E-state index in [-0.39, 0.29) is 5.92 Å². The van der Waals surface area contributed by atoms with Crippen molar-refractivity contribution in [1.82, 2.24) is 9.80 Å². The number of morpholine rings is 1. The van der Waals surface area contributed by atoms with Crippen molar-refractivity contribution in [1.29, 1.82) is 0 Å². The number of nitrogens with zero attached hydrogens (tertiary/aromatic N) is 2. The van der Waals surface area contributed by atoms with Gasteiger partial charge in [0.2, 0.25) is 5.91 Å². The average Bonchev–Trinajstić information content (AvgIpc) is 3.44. The fourth-order valence-electron chi connectivity index (χ4n) is 4.31. The van der Waals surface area contributed by atoms with Gasteiger partial charge >= 0.3 is 0 Å². The molecule has 2 heterocycles. The Bertz CT molecular complexity index is 556. The molecule has 24 heavy (non-hydrogen) atoms. The zero-order valence-corrected chi connectivity index (χ0v) is 14.4. The van der Waals surface area contributed by atoms with Crippen LogP contribution in [0.25, 0.3) is 0 Å². The fraction of sp³-hybridized carbons (Fsp3) is 0.650. The highest BCUT2D eigenvalue weighted by Gasteiger charge is 2.47. The van der Waals surface area contributed by atoms with Crippen LogP contribution in [-0.4, -0.2) is 61.1 Å². The lowest BCUT2D eigenvalue weighted by atomic mass is 10.00. The number of hydrogen-bond donors (Lipinski definition) is 0. The number of rotatable bonds is 4. The maximum Gasteiger partial charge on any atom is 0.226 e. The number of likely N-dealkylation sites (tertiary alicyclic amines) is 1. The summed E-state index contributed by atoms with van der Waals surface area (Å²) in [5, 5.41) is 0. The molecule has 4 nitrogen and oxygen atoms in total. The average molecular weight is 328 g/mol. The molecule has 4 rings (SSSR count). The molecule has 1 aromatic carbocycles. The topological polar surface area (TPSA) is 32.8 Å². The molecule has 1 aliphatic carbocycles. The molecule has 0 N–H and O–H groups in total. The second-order valence-corrected chi connectivity index (χ2v) is 7.45. The van der Waals surface area contributed by atoms with Crippen LogP contribution in [0, 0.1) is 5.92 Å². The summed E-state index contributed by atoms with van der Waals surface area (Å²) >= 11 is 0. The van der Waals surface area contributed by atoms with Gasteiger partial charge in [0, 0.05) is 38.1 Å². The second kappa shape index (κ2) is 7.24. The highest BCUT2D eigenvalue weighted by molar-refractivity contribution is 5.83. The first kappa shape index (κ1) is 16.1. The monoisotopic (exact) mass is 328 g/mol. The van der Waals surface area contributed by atoms with Crippen LogP contribution in [0.2, 0.25) is 0 Å². The minimum Gasteiger partial charge on any atom is -0.379 e. The van der Waals surface area contributed by atoms with Gasteiger partial charge in [-0.1, -0.05) is 30.3 Å². The molecule has 3 fully saturated rings. The number of carbonyl (C=O) groups excluding carboxylic acids is 1. The van der Waals surface area contributed by atoms with E-state index in [9.17, 15) is 4.79 Å². The van der Waals surface area contributed by atoms with Crippen molar-refractivity contribution in [2.24, 2.45) is 5.92 Å². The van der Waals surface area contributed by atoms with E-state index < -0.39 is 0 Å². The number of benzene rings is 1. The van der Waals surface area contributed by atoms with Crippen molar-refractivity contribution in [3.8, 4) is 0 Å². The van der Waals surface area contributed by atoms with Crippen LogP contribution in [0.4, 0.5) is 0 Å². The van der Waals surface area contributed by atoms with Gasteiger partial charge in [-0.3, -0.25) is 9.69 Å². The van der Waals surface area contributed by atoms with Crippen molar-refractivity contribution in [3.63, 3.8) is 0 Å². The molecular formula is C20H28N2O2. The standard InChI is InChI=1S/C20H28N2O2/c23-20(19-14-18(19)16-6-2-1-3-7-16)22-9-5-4-8-17(22)15-21-10-12-24-13-11-21/h1-3,6-7,17-19H,4-5,8-15H2. The first-order chi connectivity index (χ1) is 11.8. The van der Waals surface area contributed by atoms with Crippen LogP contribution in [0.5, 0.6) is 0 Å². The molecule has 1 saturated carbocycles. The van der Waals surface area contributed by atoms with E-state index in [1.807, 2.05) is 6.07 Å². The first-order valence-corrected chi connectivity index (χ1v) is 9.48. The van der Waals surface area contributed by atoms with Crippen LogP contribution in [-0.2, 0) is 9.53 Å². The van der Waals surface area contributed by atoms with Crippen molar-refractivity contribution < 1.29 is 9.53 Å². The van der Waals surface area contributed by atoms with Crippen LogP contribution in [0.3, 0.4) is 0 Å². The van der Waals surface area contributed by atoms with E-state index in [4.69, 9.17) is 4.74 Å². The predicted molar refractivity (Wildman–Crippen MR) is 93.9 cm³/mol. The van der Waals surface area contributed by atoms with Gasteiger partial charge in [0.25, 0.3) is 0 Å². The molecule has 130 valence electrons. The van der Waals surface area contributed by atoms with Crippen LogP contribution >= 0.6 is 0 Å². The molecule has 3 aliphatic rings. The SMILES string of the molecule is O=C(C1CC1c1ccccc1)N1CCCCC1CN1CCOCC1. The summed E-state index contributed by atoms with van der Waals surface area (Å²) in [7, 11) is 0. The lowest BCUT2D eigenvalue weighted by molar-refractivity contribution is -0.137. The minimum atomic E-state index is 0.220. The van der Waals surface area contributed by atoms with Gasteiger partial charge in [-0.15, -0.1) is 0 Å². The number of amides is 1. The van der Waals surface area contributed by atoms with Gasteiger partial charge in [-0.05, 0) is 37.2 Å². The van der Waals surface area contributed by atoms with E-state index in [1.54, 1.807) is 0 Å². The molecule has 2 aliphatic heterocycles. The van der Waals surface area contributed by atoms with Gasteiger partial charge in [0.1, 0.15) is 0 Å². The van der Waals surface area contributed by atoms with E-state index in [0.29, 0.717) is 17.9 Å². The number of carbonyl (C=O) groups is 1. The Balaban J connectivity index is 1.38. The maximum absolute atomic E-state index is 13.1. The Morgan fingerprint density at radius 1 is 1.08 bits per heavy atom. The molecular weight excluding hydrogens is 300 g/mol. The largest absolute Gasteiger partial charge is 0.379 e. The van der Waals surface area contributed by atoms with Crippen LogP contribution in [0.1, 0.15) is 37.2 Å². The van der Waals surface area contributed by atoms with Crippen molar-refractivity contribution >= 4 is 5.91 Å². The van der Waals surface area contributed by atoms with Crippen molar-refractivity contribution in [3.05, 3.63) is 35.9 Å². The Morgan fingerprint density at radius 2 is 1.88 bits per heavy atom. The summed E-state index contributed by atoms with van der Waals surface area (Å²) in [6, 6.07) is 10.9. The van der Waals surface area contributed by atoms with Crippen molar-refractivity contribution in [2.75, 3.05) is 39.4 Å². The third kappa shape index (κ3) is 3.50. The summed E-state index contributed by atoms with van der Waals surface area (Å²) in [5.74, 6) is 1.07. The van der Waals surface area contributed by atoms with Crippen LogP contribution in [0.15, 0.2) is 30.3 Å². The van der Waals surface area contributed by atoms with Gasteiger partial charge in [-0.25, -0.2) is 0 Å². The predicted octanol–water partition coefficient (Wildman–Crippen LogP) is 2.50. The molecule has 3 atom stereocenters. The van der Waals surface area contributed by atoms with Gasteiger partial charge in [0.15, 0.2) is 0 Å². The third-order valence-corrected chi connectivity index (χ3v) is 5.82. The van der Waals surface area contributed by atoms with Gasteiger partial charge < -0.3 is 9.64 Å². The van der Waals surface area contributed by atoms with Crippen molar-refractivity contribution in [2.45, 2.75) is 37.6 Å². The molecule has 0 aromatic heterocycles. The molecule has 0 radical (unpaired) electrons. The molecule has 4 heteroatoms. The third-order valence-electron chi connectivity index (χ3n) is 5.82. The zero-order chi connectivity index (χ0) is 16.4. The fourth-order valence-corrected chi connectivity index (χ4v) is 4.31. The lowest BCUT2D eigenvalue weighted by Crippen LogP contribution is -2.51. The molecule has 0 spiro atoms. The van der Waals surface area contributed by atoms with E-state index in [1.165, 1.54) is 12.0 Å². The summed E-state index contributed by atoms with van der Waals surface area (Å²) in [6.07, 6.45) is 4.61. The molecule has 0 bridgehead atoms. The lowest BCUT2D eigenvalue weighted by Gasteiger charge is -2.40.